The summed E-state index contributed by atoms with van der Waals surface area (Å²) in [6, 6.07) is 14.1. The fraction of sp³-hybridized carbons (Fsp3) is 0.188. The lowest BCUT2D eigenvalue weighted by Gasteiger charge is -2.07. The van der Waals surface area contributed by atoms with Crippen molar-refractivity contribution in [2.45, 2.75) is 13.3 Å². The molecular weight excluding hydrogens is 316 g/mol. The average Bonchev–Trinajstić information content (AvgIpc) is 2.83. The highest BCUT2D eigenvalue weighted by atomic mass is 79.9. The molecule has 1 aromatic heterocycles. The van der Waals surface area contributed by atoms with E-state index in [0.29, 0.717) is 0 Å². The molecule has 1 N–H and O–H groups in total. The van der Waals surface area contributed by atoms with E-state index in [-0.39, 0.29) is 0 Å². The molecule has 1 heterocycles. The third-order valence-electron chi connectivity index (χ3n) is 3.19. The summed E-state index contributed by atoms with van der Waals surface area (Å²) in [6.07, 6.45) is 0.765. The number of halogens is 1. The van der Waals surface area contributed by atoms with Gasteiger partial charge in [-0.15, -0.1) is 0 Å². The van der Waals surface area contributed by atoms with Crippen molar-refractivity contribution in [2.75, 3.05) is 11.9 Å². The Morgan fingerprint density at radius 1 is 1.20 bits per heavy atom. The van der Waals surface area contributed by atoms with Gasteiger partial charge in [-0.25, -0.2) is 4.98 Å². The summed E-state index contributed by atoms with van der Waals surface area (Å²) < 4.78 is 6.74. The lowest BCUT2D eigenvalue weighted by atomic mass is 10.2. The van der Waals surface area contributed by atoms with Gasteiger partial charge in [0.1, 0.15) is 5.52 Å². The molecule has 0 bridgehead atoms. The second-order valence-electron chi connectivity index (χ2n) is 4.71. The molecule has 3 rings (SSSR count). The zero-order chi connectivity index (χ0) is 13.9. The van der Waals surface area contributed by atoms with E-state index in [1.165, 1.54) is 5.56 Å². The van der Waals surface area contributed by atoms with Crippen LogP contribution < -0.4 is 5.32 Å². The summed E-state index contributed by atoms with van der Waals surface area (Å²) in [4.78, 5) is 4.49. The molecule has 0 amide bonds. The molecule has 0 spiro atoms. The van der Waals surface area contributed by atoms with Crippen LogP contribution in [-0.2, 0) is 6.42 Å². The van der Waals surface area contributed by atoms with Crippen molar-refractivity contribution in [3.8, 4) is 0 Å². The zero-order valence-corrected chi connectivity index (χ0v) is 12.8. The second-order valence-corrected chi connectivity index (χ2v) is 5.63. The van der Waals surface area contributed by atoms with Gasteiger partial charge in [-0.05, 0) is 36.8 Å². The SMILES string of the molecule is Cc1ccccc1NCCc1nc2cc(Br)ccc2o1. The number of rotatable bonds is 4. The highest BCUT2D eigenvalue weighted by Crippen LogP contribution is 2.20. The lowest BCUT2D eigenvalue weighted by molar-refractivity contribution is 0.534. The molecule has 0 aliphatic carbocycles. The summed E-state index contributed by atoms with van der Waals surface area (Å²) in [6.45, 7) is 2.90. The van der Waals surface area contributed by atoms with Crippen molar-refractivity contribution in [3.63, 3.8) is 0 Å². The minimum Gasteiger partial charge on any atom is -0.441 e. The molecule has 3 nitrogen and oxygen atoms in total. The first-order chi connectivity index (χ1) is 9.72. The molecule has 20 heavy (non-hydrogen) atoms. The Kier molecular flexibility index (Phi) is 3.74. The van der Waals surface area contributed by atoms with E-state index >= 15 is 0 Å². The van der Waals surface area contributed by atoms with Crippen molar-refractivity contribution < 1.29 is 4.42 Å². The van der Waals surface area contributed by atoms with Crippen molar-refractivity contribution in [1.29, 1.82) is 0 Å². The fourth-order valence-electron chi connectivity index (χ4n) is 2.13. The Bertz CT molecular complexity index is 736. The van der Waals surface area contributed by atoms with E-state index in [1.807, 2.05) is 30.3 Å². The number of aryl methyl sites for hydroxylation is 1. The van der Waals surface area contributed by atoms with Crippen molar-refractivity contribution in [2.24, 2.45) is 0 Å². The average molecular weight is 331 g/mol. The summed E-state index contributed by atoms with van der Waals surface area (Å²) >= 11 is 3.44. The van der Waals surface area contributed by atoms with Crippen LogP contribution >= 0.6 is 15.9 Å². The Labute approximate surface area is 126 Å². The van der Waals surface area contributed by atoms with Gasteiger partial charge in [-0.3, -0.25) is 0 Å². The van der Waals surface area contributed by atoms with Crippen LogP contribution in [0, 0.1) is 6.92 Å². The van der Waals surface area contributed by atoms with Gasteiger partial charge in [0.05, 0.1) is 0 Å². The number of para-hydroxylation sites is 1. The monoisotopic (exact) mass is 330 g/mol. The Morgan fingerprint density at radius 3 is 2.90 bits per heavy atom. The van der Waals surface area contributed by atoms with Crippen LogP contribution in [-0.4, -0.2) is 11.5 Å². The normalized spacial score (nSPS) is 10.9. The molecule has 4 heteroatoms. The van der Waals surface area contributed by atoms with Crippen LogP contribution in [0.3, 0.4) is 0 Å². The van der Waals surface area contributed by atoms with Gasteiger partial charge in [0.15, 0.2) is 11.5 Å². The number of oxazole rings is 1. The number of aromatic nitrogens is 1. The third kappa shape index (κ3) is 2.85. The van der Waals surface area contributed by atoms with Gasteiger partial charge in [0.25, 0.3) is 0 Å². The molecule has 0 fully saturated rings. The molecule has 0 aliphatic heterocycles. The molecule has 0 aliphatic rings. The molecule has 0 saturated carbocycles. The van der Waals surface area contributed by atoms with Crippen LogP contribution in [0.15, 0.2) is 51.4 Å². The number of nitrogens with zero attached hydrogens (tertiary/aromatic N) is 1. The topological polar surface area (TPSA) is 38.1 Å². The van der Waals surface area contributed by atoms with E-state index in [0.717, 1.165) is 40.1 Å². The smallest absolute Gasteiger partial charge is 0.197 e. The maximum atomic E-state index is 5.72. The third-order valence-corrected chi connectivity index (χ3v) is 3.69. The van der Waals surface area contributed by atoms with Crippen LogP contribution in [0.25, 0.3) is 11.1 Å². The molecule has 0 saturated heterocycles. The molecule has 0 radical (unpaired) electrons. The van der Waals surface area contributed by atoms with Crippen molar-refractivity contribution in [3.05, 3.63) is 58.4 Å². The zero-order valence-electron chi connectivity index (χ0n) is 11.2. The van der Waals surface area contributed by atoms with Crippen molar-refractivity contribution >= 4 is 32.7 Å². The van der Waals surface area contributed by atoms with Gasteiger partial charge < -0.3 is 9.73 Å². The van der Waals surface area contributed by atoms with Gasteiger partial charge in [0.2, 0.25) is 0 Å². The fourth-order valence-corrected chi connectivity index (χ4v) is 2.48. The number of anilines is 1. The standard InChI is InChI=1S/C16H15BrN2O/c1-11-4-2-3-5-13(11)18-9-8-16-19-14-10-12(17)6-7-15(14)20-16/h2-7,10,18H,8-9H2,1H3. The van der Waals surface area contributed by atoms with Gasteiger partial charge in [-0.1, -0.05) is 34.1 Å². The van der Waals surface area contributed by atoms with Crippen LogP contribution in [0.5, 0.6) is 0 Å². The Balaban J connectivity index is 1.67. The minimum absolute atomic E-state index is 0.763. The summed E-state index contributed by atoms with van der Waals surface area (Å²) in [5, 5.41) is 3.41. The maximum Gasteiger partial charge on any atom is 0.197 e. The largest absolute Gasteiger partial charge is 0.441 e. The summed E-state index contributed by atoms with van der Waals surface area (Å²) in [7, 11) is 0. The molecule has 0 unspecified atom stereocenters. The van der Waals surface area contributed by atoms with Gasteiger partial charge >= 0.3 is 0 Å². The van der Waals surface area contributed by atoms with Crippen molar-refractivity contribution in [1.82, 2.24) is 4.98 Å². The van der Waals surface area contributed by atoms with E-state index in [1.54, 1.807) is 0 Å². The maximum absolute atomic E-state index is 5.72. The van der Waals surface area contributed by atoms with E-state index in [9.17, 15) is 0 Å². The van der Waals surface area contributed by atoms with Gasteiger partial charge in [-0.2, -0.15) is 0 Å². The minimum atomic E-state index is 0.763. The summed E-state index contributed by atoms with van der Waals surface area (Å²) in [5.41, 5.74) is 4.13. The first kappa shape index (κ1) is 13.2. The molecule has 102 valence electrons. The first-order valence-electron chi connectivity index (χ1n) is 6.57. The molecule has 2 aromatic carbocycles. The Hall–Kier alpha value is -1.81. The van der Waals surface area contributed by atoms with E-state index in [2.05, 4.69) is 45.3 Å². The predicted molar refractivity (Wildman–Crippen MR) is 85.1 cm³/mol. The molecule has 3 aromatic rings. The van der Waals surface area contributed by atoms with Crippen LogP contribution in [0.2, 0.25) is 0 Å². The number of nitrogens with one attached hydrogen (secondary N) is 1. The highest BCUT2D eigenvalue weighted by Gasteiger charge is 2.06. The summed E-state index contributed by atoms with van der Waals surface area (Å²) in [5.74, 6) is 0.763. The van der Waals surface area contributed by atoms with E-state index in [4.69, 9.17) is 4.42 Å². The number of hydrogen-bond donors (Lipinski definition) is 1. The predicted octanol–water partition coefficient (Wildman–Crippen LogP) is 4.55. The quantitative estimate of drug-likeness (QED) is 0.762. The molecule has 0 atom stereocenters. The number of hydrogen-bond acceptors (Lipinski definition) is 3. The molecular formula is C16H15BrN2O. The van der Waals surface area contributed by atoms with E-state index < -0.39 is 0 Å². The van der Waals surface area contributed by atoms with Crippen LogP contribution in [0.4, 0.5) is 5.69 Å². The van der Waals surface area contributed by atoms with Crippen LogP contribution in [0.1, 0.15) is 11.5 Å². The van der Waals surface area contributed by atoms with Gasteiger partial charge in [0, 0.05) is 23.1 Å². The highest BCUT2D eigenvalue weighted by molar-refractivity contribution is 9.10. The lowest BCUT2D eigenvalue weighted by Crippen LogP contribution is -2.05. The number of benzene rings is 2. The second kappa shape index (κ2) is 5.67. The number of fused-ring (bicyclic) bond motifs is 1. The first-order valence-corrected chi connectivity index (χ1v) is 7.36. The Morgan fingerprint density at radius 2 is 2.05 bits per heavy atom.